The van der Waals surface area contributed by atoms with Crippen molar-refractivity contribution < 1.29 is 4.79 Å². The predicted octanol–water partition coefficient (Wildman–Crippen LogP) is 2.29. The van der Waals surface area contributed by atoms with Gasteiger partial charge >= 0.3 is 0 Å². The molecule has 3 nitrogen and oxygen atoms in total. The monoisotopic (exact) mass is 212 g/mol. The Hall–Kier alpha value is -0.900. The maximum atomic E-state index is 11.4. The summed E-state index contributed by atoms with van der Waals surface area (Å²) in [6.07, 6.45) is 3.21. The van der Waals surface area contributed by atoms with Gasteiger partial charge in [0.15, 0.2) is 0 Å². The van der Waals surface area contributed by atoms with E-state index in [9.17, 15) is 4.79 Å². The minimum atomic E-state index is -0.347. The molecule has 0 radical (unpaired) electrons. The lowest BCUT2D eigenvalue weighted by Crippen LogP contribution is -2.40. The molecule has 0 atom stereocenters. The highest BCUT2D eigenvalue weighted by Gasteiger charge is 2.24. The molecule has 0 aliphatic heterocycles. The number of nitrogens with one attached hydrogen (secondary N) is 1. The van der Waals surface area contributed by atoms with E-state index in [0.29, 0.717) is 6.42 Å². The molecule has 0 fully saturated rings. The number of carbonyl (C=O) groups excluding carboxylic acids is 1. The van der Waals surface area contributed by atoms with Gasteiger partial charge in [0.2, 0.25) is 5.91 Å². The lowest BCUT2D eigenvalue weighted by Gasteiger charge is -2.23. The maximum absolute atomic E-state index is 11.4. The average Bonchev–Trinajstić information content (AvgIpc) is 2.54. The van der Waals surface area contributed by atoms with Crippen LogP contribution in [0.25, 0.3) is 0 Å². The van der Waals surface area contributed by atoms with Gasteiger partial charge in [0, 0.05) is 18.0 Å². The SMILES string of the molecule is CCCC(=O)NC(C)(C)c1nccs1. The molecule has 4 heteroatoms. The Kier molecular flexibility index (Phi) is 3.63. The molecular weight excluding hydrogens is 196 g/mol. The zero-order chi connectivity index (χ0) is 10.6. The molecule has 0 unspecified atom stereocenters. The summed E-state index contributed by atoms with van der Waals surface area (Å²) in [6, 6.07) is 0. The van der Waals surface area contributed by atoms with Gasteiger partial charge in [-0.2, -0.15) is 0 Å². The first kappa shape index (κ1) is 11.2. The number of carbonyl (C=O) groups is 1. The third kappa shape index (κ3) is 2.80. The van der Waals surface area contributed by atoms with Crippen LogP contribution in [0.3, 0.4) is 0 Å². The van der Waals surface area contributed by atoms with Crippen molar-refractivity contribution in [2.75, 3.05) is 0 Å². The molecule has 0 aromatic carbocycles. The lowest BCUT2D eigenvalue weighted by atomic mass is 10.1. The largest absolute Gasteiger partial charge is 0.345 e. The van der Waals surface area contributed by atoms with Gasteiger partial charge in [-0.3, -0.25) is 4.79 Å². The number of aromatic nitrogens is 1. The molecule has 1 rings (SSSR count). The Morgan fingerprint density at radius 2 is 2.36 bits per heavy atom. The summed E-state index contributed by atoms with van der Waals surface area (Å²) in [5.74, 6) is 0.0905. The summed E-state index contributed by atoms with van der Waals surface area (Å²) in [5, 5.41) is 5.83. The first-order chi connectivity index (χ1) is 6.56. The lowest BCUT2D eigenvalue weighted by molar-refractivity contribution is -0.122. The van der Waals surface area contributed by atoms with Crippen molar-refractivity contribution in [1.29, 1.82) is 0 Å². The molecule has 0 aliphatic rings. The number of hydrogen-bond acceptors (Lipinski definition) is 3. The van der Waals surface area contributed by atoms with Crippen LogP contribution in [0.2, 0.25) is 0 Å². The van der Waals surface area contributed by atoms with Crippen LogP contribution in [-0.4, -0.2) is 10.9 Å². The van der Waals surface area contributed by atoms with Crippen molar-refractivity contribution >= 4 is 17.2 Å². The van der Waals surface area contributed by atoms with E-state index in [4.69, 9.17) is 0 Å². The molecule has 0 saturated heterocycles. The molecule has 0 spiro atoms. The normalized spacial score (nSPS) is 11.4. The quantitative estimate of drug-likeness (QED) is 0.832. The zero-order valence-electron chi connectivity index (χ0n) is 8.83. The van der Waals surface area contributed by atoms with E-state index in [1.165, 1.54) is 0 Å². The highest BCUT2D eigenvalue weighted by atomic mass is 32.1. The van der Waals surface area contributed by atoms with Crippen LogP contribution < -0.4 is 5.32 Å². The predicted molar refractivity (Wildman–Crippen MR) is 58.2 cm³/mol. The van der Waals surface area contributed by atoms with Crippen LogP contribution in [-0.2, 0) is 10.3 Å². The van der Waals surface area contributed by atoms with Gasteiger partial charge in [0.1, 0.15) is 5.01 Å². The summed E-state index contributed by atoms with van der Waals surface area (Å²) in [4.78, 5) is 15.6. The third-order valence-electron chi connectivity index (χ3n) is 1.90. The second kappa shape index (κ2) is 4.55. The first-order valence-corrected chi connectivity index (χ1v) is 5.65. The van der Waals surface area contributed by atoms with E-state index in [-0.39, 0.29) is 11.4 Å². The summed E-state index contributed by atoms with van der Waals surface area (Å²) in [6.45, 7) is 5.94. The van der Waals surface area contributed by atoms with Crippen molar-refractivity contribution in [2.24, 2.45) is 0 Å². The average molecular weight is 212 g/mol. The number of nitrogens with zero attached hydrogens (tertiary/aromatic N) is 1. The highest BCUT2D eigenvalue weighted by molar-refractivity contribution is 7.09. The topological polar surface area (TPSA) is 42.0 Å². The van der Waals surface area contributed by atoms with Crippen LogP contribution in [0.1, 0.15) is 38.6 Å². The molecule has 0 aliphatic carbocycles. The second-order valence-electron chi connectivity index (χ2n) is 3.76. The van der Waals surface area contributed by atoms with Crippen LogP contribution in [0.5, 0.6) is 0 Å². The highest BCUT2D eigenvalue weighted by Crippen LogP contribution is 2.21. The summed E-state index contributed by atoms with van der Waals surface area (Å²) < 4.78 is 0. The smallest absolute Gasteiger partial charge is 0.220 e. The molecule has 0 saturated carbocycles. The number of thiazole rings is 1. The fourth-order valence-corrected chi connectivity index (χ4v) is 1.94. The maximum Gasteiger partial charge on any atom is 0.220 e. The molecule has 1 N–H and O–H groups in total. The van der Waals surface area contributed by atoms with Crippen LogP contribution >= 0.6 is 11.3 Å². The molecule has 1 heterocycles. The molecule has 1 aromatic rings. The van der Waals surface area contributed by atoms with E-state index >= 15 is 0 Å². The van der Waals surface area contributed by atoms with E-state index < -0.39 is 0 Å². The second-order valence-corrected chi connectivity index (χ2v) is 4.65. The standard InChI is InChI=1S/C10H16N2OS/c1-4-5-8(13)12-10(2,3)9-11-6-7-14-9/h6-7H,4-5H2,1-3H3,(H,12,13). The Labute approximate surface area is 88.6 Å². The van der Waals surface area contributed by atoms with Crippen LogP contribution in [0.4, 0.5) is 0 Å². The number of hydrogen-bond donors (Lipinski definition) is 1. The minimum Gasteiger partial charge on any atom is -0.345 e. The Morgan fingerprint density at radius 3 is 2.86 bits per heavy atom. The van der Waals surface area contributed by atoms with Crippen molar-refractivity contribution in [3.8, 4) is 0 Å². The van der Waals surface area contributed by atoms with Gasteiger partial charge in [0.25, 0.3) is 0 Å². The van der Waals surface area contributed by atoms with E-state index in [0.717, 1.165) is 11.4 Å². The molecular formula is C10H16N2OS. The van der Waals surface area contributed by atoms with Gasteiger partial charge < -0.3 is 5.32 Å². The fourth-order valence-electron chi connectivity index (χ4n) is 1.22. The Balaban J connectivity index is 2.63. The van der Waals surface area contributed by atoms with Gasteiger partial charge in [-0.1, -0.05) is 6.92 Å². The molecule has 0 bridgehead atoms. The Bertz CT molecular complexity index is 293. The molecule has 14 heavy (non-hydrogen) atoms. The van der Waals surface area contributed by atoms with Gasteiger partial charge in [-0.05, 0) is 20.3 Å². The third-order valence-corrected chi connectivity index (χ3v) is 2.99. The number of amides is 1. The first-order valence-electron chi connectivity index (χ1n) is 4.77. The van der Waals surface area contributed by atoms with E-state index in [2.05, 4.69) is 10.3 Å². The molecule has 78 valence electrons. The van der Waals surface area contributed by atoms with Crippen molar-refractivity contribution in [3.05, 3.63) is 16.6 Å². The fraction of sp³-hybridized carbons (Fsp3) is 0.600. The van der Waals surface area contributed by atoms with Gasteiger partial charge in [-0.25, -0.2) is 4.98 Å². The molecule has 1 aromatic heterocycles. The summed E-state index contributed by atoms with van der Waals surface area (Å²) in [7, 11) is 0. The van der Waals surface area contributed by atoms with Crippen LogP contribution in [0.15, 0.2) is 11.6 Å². The Morgan fingerprint density at radius 1 is 1.64 bits per heavy atom. The van der Waals surface area contributed by atoms with Crippen LogP contribution in [0, 0.1) is 0 Å². The van der Waals surface area contributed by atoms with Crippen molar-refractivity contribution in [2.45, 2.75) is 39.2 Å². The minimum absolute atomic E-state index is 0.0905. The van der Waals surface area contributed by atoms with Crippen molar-refractivity contribution in [1.82, 2.24) is 10.3 Å². The summed E-state index contributed by atoms with van der Waals surface area (Å²) in [5.41, 5.74) is -0.347. The molecule has 1 amide bonds. The van der Waals surface area contributed by atoms with E-state index in [1.807, 2.05) is 26.2 Å². The van der Waals surface area contributed by atoms with E-state index in [1.54, 1.807) is 17.5 Å². The van der Waals surface area contributed by atoms with Gasteiger partial charge in [-0.15, -0.1) is 11.3 Å². The van der Waals surface area contributed by atoms with Gasteiger partial charge in [0.05, 0.1) is 5.54 Å². The zero-order valence-corrected chi connectivity index (χ0v) is 9.65. The summed E-state index contributed by atoms with van der Waals surface area (Å²) >= 11 is 1.56. The van der Waals surface area contributed by atoms with Crippen molar-refractivity contribution in [3.63, 3.8) is 0 Å². The number of rotatable bonds is 4.